The zero-order chi connectivity index (χ0) is 15.4. The number of methoxy groups -OCH3 is 1. The van der Waals surface area contributed by atoms with Gasteiger partial charge in [0.25, 0.3) is 0 Å². The van der Waals surface area contributed by atoms with Crippen LogP contribution < -0.4 is 15.8 Å². The van der Waals surface area contributed by atoms with Gasteiger partial charge in [-0.05, 0) is 38.5 Å². The number of nitrogens with two attached hydrogens (primary N) is 1. The molecular weight excluding hydrogens is 266 g/mol. The van der Waals surface area contributed by atoms with Gasteiger partial charge in [-0.3, -0.25) is 9.69 Å². The number of benzene rings is 1. The minimum Gasteiger partial charge on any atom is -0.495 e. The maximum Gasteiger partial charge on any atom is 0.241 e. The highest BCUT2D eigenvalue weighted by Crippen LogP contribution is 2.27. The third kappa shape index (κ3) is 3.76. The zero-order valence-corrected chi connectivity index (χ0v) is 12.8. The normalized spacial score (nSPS) is 17.0. The molecule has 5 heteroatoms. The monoisotopic (exact) mass is 289 g/mol. The Balaban J connectivity index is 2.06. The van der Waals surface area contributed by atoms with Gasteiger partial charge in [-0.1, -0.05) is 11.6 Å². The Labute approximate surface area is 125 Å². The molecule has 1 aromatic carbocycles. The molecule has 0 radical (unpaired) electrons. The first kappa shape index (κ1) is 15.4. The molecular formula is C16H23N3O2. The zero-order valence-electron chi connectivity index (χ0n) is 12.8. The number of ether oxygens (including phenoxy) is 1. The first-order chi connectivity index (χ1) is 10.0. The number of hydrogen-bond donors (Lipinski definition) is 2. The van der Waals surface area contributed by atoms with Crippen molar-refractivity contribution in [1.29, 1.82) is 0 Å². The lowest BCUT2D eigenvalue weighted by Gasteiger charge is -2.30. The van der Waals surface area contributed by atoms with Crippen LogP contribution in [0.25, 0.3) is 0 Å². The third-order valence-electron chi connectivity index (χ3n) is 3.88. The molecule has 0 saturated heterocycles. The second kappa shape index (κ2) is 6.63. The van der Waals surface area contributed by atoms with E-state index in [4.69, 9.17) is 10.5 Å². The second-order valence-corrected chi connectivity index (χ2v) is 5.42. The molecule has 0 aromatic heterocycles. The Kier molecular flexibility index (Phi) is 4.85. The fourth-order valence-corrected chi connectivity index (χ4v) is 2.36. The molecule has 0 spiro atoms. The van der Waals surface area contributed by atoms with Crippen molar-refractivity contribution >= 4 is 17.3 Å². The van der Waals surface area contributed by atoms with E-state index in [9.17, 15) is 4.79 Å². The lowest BCUT2D eigenvalue weighted by atomic mass is 10.1. The van der Waals surface area contributed by atoms with E-state index in [0.717, 1.165) is 19.5 Å². The summed E-state index contributed by atoms with van der Waals surface area (Å²) < 4.78 is 5.25. The van der Waals surface area contributed by atoms with Crippen LogP contribution in [0.1, 0.15) is 20.3 Å². The minimum absolute atomic E-state index is 0.0492. The van der Waals surface area contributed by atoms with Crippen LogP contribution in [0.2, 0.25) is 0 Å². The van der Waals surface area contributed by atoms with Gasteiger partial charge in [-0.25, -0.2) is 0 Å². The fraction of sp³-hybridized carbons (Fsp3) is 0.438. The van der Waals surface area contributed by atoms with Crippen LogP contribution in [0.5, 0.6) is 5.75 Å². The standard InChI is InChI=1S/C16H23N3O2/c1-11-6-8-19(9-7-11)12(2)16(20)18-14-10-13(17)4-5-15(14)21-3/h4-6,10,12H,7-9,17H2,1-3H3,(H,18,20). The summed E-state index contributed by atoms with van der Waals surface area (Å²) in [5, 5.41) is 2.90. The molecule has 5 nitrogen and oxygen atoms in total. The van der Waals surface area contributed by atoms with Crippen LogP contribution in [0.4, 0.5) is 11.4 Å². The van der Waals surface area contributed by atoms with Crippen LogP contribution in [-0.2, 0) is 4.79 Å². The Hall–Kier alpha value is -2.01. The highest BCUT2D eigenvalue weighted by molar-refractivity contribution is 5.96. The molecule has 1 aromatic rings. The van der Waals surface area contributed by atoms with Gasteiger partial charge in [0.15, 0.2) is 0 Å². The van der Waals surface area contributed by atoms with Crippen molar-refractivity contribution < 1.29 is 9.53 Å². The van der Waals surface area contributed by atoms with E-state index in [-0.39, 0.29) is 11.9 Å². The molecule has 0 bridgehead atoms. The van der Waals surface area contributed by atoms with Crippen molar-refractivity contribution in [2.45, 2.75) is 26.3 Å². The van der Waals surface area contributed by atoms with E-state index >= 15 is 0 Å². The van der Waals surface area contributed by atoms with Crippen LogP contribution in [0.3, 0.4) is 0 Å². The first-order valence-electron chi connectivity index (χ1n) is 7.15. The molecule has 1 aliphatic rings. The Bertz CT molecular complexity index is 554. The maximum atomic E-state index is 12.4. The molecule has 3 N–H and O–H groups in total. The molecule has 1 amide bonds. The maximum absolute atomic E-state index is 12.4. The summed E-state index contributed by atoms with van der Waals surface area (Å²) in [7, 11) is 1.57. The molecule has 0 saturated carbocycles. The lowest BCUT2D eigenvalue weighted by Crippen LogP contribution is -2.44. The number of hydrogen-bond acceptors (Lipinski definition) is 4. The highest BCUT2D eigenvalue weighted by atomic mass is 16.5. The minimum atomic E-state index is -0.194. The summed E-state index contributed by atoms with van der Waals surface area (Å²) >= 11 is 0. The van der Waals surface area contributed by atoms with E-state index in [1.165, 1.54) is 5.57 Å². The predicted molar refractivity (Wildman–Crippen MR) is 85.4 cm³/mol. The molecule has 2 rings (SSSR count). The van der Waals surface area contributed by atoms with Crippen molar-refractivity contribution in [3.63, 3.8) is 0 Å². The number of rotatable bonds is 4. The molecule has 0 fully saturated rings. The molecule has 0 aliphatic carbocycles. The number of carbonyl (C=O) groups excluding carboxylic acids is 1. The van der Waals surface area contributed by atoms with Gasteiger partial charge in [0.1, 0.15) is 5.75 Å². The smallest absolute Gasteiger partial charge is 0.241 e. The third-order valence-corrected chi connectivity index (χ3v) is 3.88. The number of carbonyl (C=O) groups is 1. The average molecular weight is 289 g/mol. The van der Waals surface area contributed by atoms with Gasteiger partial charge in [-0.2, -0.15) is 0 Å². The van der Waals surface area contributed by atoms with E-state index < -0.39 is 0 Å². The summed E-state index contributed by atoms with van der Waals surface area (Å²) in [5.74, 6) is 0.561. The first-order valence-corrected chi connectivity index (χ1v) is 7.15. The largest absolute Gasteiger partial charge is 0.495 e. The summed E-state index contributed by atoms with van der Waals surface area (Å²) in [4.78, 5) is 14.6. The van der Waals surface area contributed by atoms with Gasteiger partial charge in [0.2, 0.25) is 5.91 Å². The quantitative estimate of drug-likeness (QED) is 0.659. The van der Waals surface area contributed by atoms with Crippen molar-refractivity contribution in [2.75, 3.05) is 31.2 Å². The topological polar surface area (TPSA) is 67.6 Å². The fourth-order valence-electron chi connectivity index (χ4n) is 2.36. The number of nitrogens with one attached hydrogen (secondary N) is 1. The highest BCUT2D eigenvalue weighted by Gasteiger charge is 2.23. The number of nitrogens with zero attached hydrogens (tertiary/aromatic N) is 1. The SMILES string of the molecule is COc1ccc(N)cc1NC(=O)C(C)N1CC=C(C)CC1. The van der Waals surface area contributed by atoms with Crippen LogP contribution in [0, 0.1) is 0 Å². The van der Waals surface area contributed by atoms with Crippen molar-refractivity contribution in [2.24, 2.45) is 0 Å². The molecule has 1 heterocycles. The van der Waals surface area contributed by atoms with Gasteiger partial charge in [0, 0.05) is 18.8 Å². The van der Waals surface area contributed by atoms with Gasteiger partial charge < -0.3 is 15.8 Å². The van der Waals surface area contributed by atoms with Crippen molar-refractivity contribution in [1.82, 2.24) is 4.90 Å². The average Bonchev–Trinajstić information content (AvgIpc) is 2.47. The number of nitrogen functional groups attached to an aromatic ring is 1. The van der Waals surface area contributed by atoms with E-state index in [1.807, 2.05) is 6.92 Å². The van der Waals surface area contributed by atoms with Crippen molar-refractivity contribution in [3.05, 3.63) is 29.8 Å². The summed E-state index contributed by atoms with van der Waals surface area (Å²) in [6.45, 7) is 5.77. The van der Waals surface area contributed by atoms with Crippen LogP contribution in [0.15, 0.2) is 29.8 Å². The van der Waals surface area contributed by atoms with Crippen LogP contribution >= 0.6 is 0 Å². The lowest BCUT2D eigenvalue weighted by molar-refractivity contribution is -0.120. The molecule has 21 heavy (non-hydrogen) atoms. The molecule has 1 atom stereocenters. The van der Waals surface area contributed by atoms with Crippen molar-refractivity contribution in [3.8, 4) is 5.75 Å². The molecule has 1 unspecified atom stereocenters. The van der Waals surface area contributed by atoms with Gasteiger partial charge >= 0.3 is 0 Å². The Morgan fingerprint density at radius 2 is 2.24 bits per heavy atom. The Morgan fingerprint density at radius 1 is 1.48 bits per heavy atom. The molecule has 1 aliphatic heterocycles. The van der Waals surface area contributed by atoms with E-state index in [1.54, 1.807) is 25.3 Å². The predicted octanol–water partition coefficient (Wildman–Crippen LogP) is 2.26. The van der Waals surface area contributed by atoms with Crippen LogP contribution in [-0.4, -0.2) is 37.0 Å². The number of amides is 1. The van der Waals surface area contributed by atoms with Gasteiger partial charge in [0.05, 0.1) is 18.8 Å². The number of anilines is 2. The molecule has 114 valence electrons. The van der Waals surface area contributed by atoms with E-state index in [0.29, 0.717) is 17.1 Å². The van der Waals surface area contributed by atoms with E-state index in [2.05, 4.69) is 23.2 Å². The summed E-state index contributed by atoms with van der Waals surface area (Å²) in [6.07, 6.45) is 3.19. The van der Waals surface area contributed by atoms with Gasteiger partial charge in [-0.15, -0.1) is 0 Å². The summed E-state index contributed by atoms with van der Waals surface area (Å²) in [6, 6.07) is 5.02. The Morgan fingerprint density at radius 3 is 2.86 bits per heavy atom. The summed E-state index contributed by atoms with van der Waals surface area (Å²) in [5.41, 5.74) is 8.35. The second-order valence-electron chi connectivity index (χ2n) is 5.42.